The predicted octanol–water partition coefficient (Wildman–Crippen LogP) is 2.00. The van der Waals surface area contributed by atoms with Gasteiger partial charge in [-0.15, -0.1) is 0 Å². The quantitative estimate of drug-likeness (QED) is 0.393. The highest BCUT2D eigenvalue weighted by atomic mass is 16.6. The molecule has 2 fully saturated rings. The van der Waals surface area contributed by atoms with Gasteiger partial charge in [-0.25, -0.2) is 0 Å². The molecule has 0 radical (unpaired) electrons. The molecule has 0 saturated carbocycles. The van der Waals surface area contributed by atoms with Gasteiger partial charge < -0.3 is 24.2 Å². The number of morpholine rings is 1. The van der Waals surface area contributed by atoms with Gasteiger partial charge in [-0.1, -0.05) is 6.07 Å². The highest BCUT2D eigenvalue weighted by Gasteiger charge is 2.46. The fourth-order valence-electron chi connectivity index (χ4n) is 4.63. The summed E-state index contributed by atoms with van der Waals surface area (Å²) in [4.78, 5) is 34.2. The number of rotatable bonds is 6. The van der Waals surface area contributed by atoms with Crippen LogP contribution >= 0.6 is 0 Å². The van der Waals surface area contributed by atoms with Crippen LogP contribution < -0.4 is 9.47 Å². The number of nitrogens with zero attached hydrogens (tertiary/aromatic N) is 3. The van der Waals surface area contributed by atoms with Crippen LogP contribution in [0, 0.1) is 0 Å². The van der Waals surface area contributed by atoms with E-state index in [9.17, 15) is 14.7 Å². The Morgan fingerprint density at radius 1 is 1.03 bits per heavy atom. The fraction of sp³-hybridized carbons (Fsp3) is 0.400. The normalized spacial score (nSPS) is 22.2. The van der Waals surface area contributed by atoms with Gasteiger partial charge >= 0.3 is 0 Å². The number of ether oxygens (including phenoxy) is 3. The molecular formula is C25H27N3O6. The van der Waals surface area contributed by atoms with E-state index in [1.165, 1.54) is 0 Å². The van der Waals surface area contributed by atoms with Crippen molar-refractivity contribution in [2.75, 3.05) is 52.6 Å². The molecule has 1 N–H and O–H groups in total. The largest absolute Gasteiger partial charge is 0.507 e. The monoisotopic (exact) mass is 465 g/mol. The number of fused-ring (bicyclic) bond motifs is 1. The number of carbonyl (C=O) groups excluding carboxylic acids is 2. The van der Waals surface area contributed by atoms with Crippen molar-refractivity contribution in [3.63, 3.8) is 0 Å². The Kier molecular flexibility index (Phi) is 6.46. The van der Waals surface area contributed by atoms with Gasteiger partial charge in [0.1, 0.15) is 19.0 Å². The SMILES string of the molecule is O=C1C(=O)N(CCCN2CCOCC2)C(c2cccnc2)/C1=C(\O)c1ccc2c(c1)OCCO2. The maximum absolute atomic E-state index is 13.2. The van der Waals surface area contributed by atoms with Gasteiger partial charge in [0.2, 0.25) is 0 Å². The first-order valence-corrected chi connectivity index (χ1v) is 11.5. The Morgan fingerprint density at radius 2 is 1.82 bits per heavy atom. The first-order chi connectivity index (χ1) is 16.6. The average molecular weight is 466 g/mol. The van der Waals surface area contributed by atoms with Crippen LogP contribution in [0.5, 0.6) is 11.5 Å². The van der Waals surface area contributed by atoms with Crippen molar-refractivity contribution in [1.29, 1.82) is 0 Å². The Labute approximate surface area is 197 Å². The summed E-state index contributed by atoms with van der Waals surface area (Å²) >= 11 is 0. The molecule has 9 nitrogen and oxygen atoms in total. The van der Waals surface area contributed by atoms with Gasteiger partial charge in [-0.3, -0.25) is 19.5 Å². The van der Waals surface area contributed by atoms with Crippen molar-refractivity contribution in [2.24, 2.45) is 0 Å². The first-order valence-electron chi connectivity index (χ1n) is 11.5. The number of amides is 1. The van der Waals surface area contributed by atoms with E-state index in [-0.39, 0.29) is 11.3 Å². The molecule has 9 heteroatoms. The molecule has 1 aromatic heterocycles. The number of aliphatic hydroxyl groups is 1. The molecule has 1 atom stereocenters. The van der Waals surface area contributed by atoms with E-state index < -0.39 is 17.7 Å². The van der Waals surface area contributed by atoms with Crippen molar-refractivity contribution in [3.8, 4) is 11.5 Å². The van der Waals surface area contributed by atoms with E-state index in [2.05, 4.69) is 9.88 Å². The second-order valence-electron chi connectivity index (χ2n) is 8.44. The fourth-order valence-corrected chi connectivity index (χ4v) is 4.63. The molecule has 178 valence electrons. The number of pyridine rings is 1. The Bertz CT molecular complexity index is 1100. The van der Waals surface area contributed by atoms with Gasteiger partial charge in [0.15, 0.2) is 11.5 Å². The maximum Gasteiger partial charge on any atom is 0.295 e. The van der Waals surface area contributed by atoms with E-state index in [4.69, 9.17) is 14.2 Å². The molecule has 1 unspecified atom stereocenters. The molecule has 0 aliphatic carbocycles. The molecule has 1 aromatic carbocycles. The van der Waals surface area contributed by atoms with Crippen LogP contribution in [0.3, 0.4) is 0 Å². The minimum absolute atomic E-state index is 0.0565. The van der Waals surface area contributed by atoms with Gasteiger partial charge in [0.25, 0.3) is 11.7 Å². The van der Waals surface area contributed by atoms with Crippen LogP contribution in [0.15, 0.2) is 48.3 Å². The summed E-state index contributed by atoms with van der Waals surface area (Å²) in [6, 6.07) is 7.85. The summed E-state index contributed by atoms with van der Waals surface area (Å²) in [7, 11) is 0. The summed E-state index contributed by atoms with van der Waals surface area (Å²) in [5.74, 6) is -0.481. The van der Waals surface area contributed by atoms with E-state index in [0.717, 1.165) is 19.6 Å². The number of ketones is 1. The van der Waals surface area contributed by atoms with Crippen LogP contribution in [0.2, 0.25) is 0 Å². The Hall–Kier alpha value is -3.43. The zero-order valence-electron chi connectivity index (χ0n) is 18.8. The zero-order valence-corrected chi connectivity index (χ0v) is 18.8. The van der Waals surface area contributed by atoms with E-state index in [0.29, 0.717) is 62.0 Å². The third kappa shape index (κ3) is 4.36. The third-order valence-electron chi connectivity index (χ3n) is 6.33. The number of aliphatic hydroxyl groups excluding tert-OH is 1. The Balaban J connectivity index is 1.46. The van der Waals surface area contributed by atoms with Gasteiger partial charge in [0.05, 0.1) is 24.8 Å². The summed E-state index contributed by atoms with van der Waals surface area (Å²) in [6.45, 7) is 5.17. The van der Waals surface area contributed by atoms with Gasteiger partial charge in [-0.05, 0) is 36.2 Å². The molecule has 2 aromatic rings. The van der Waals surface area contributed by atoms with Gasteiger partial charge in [0, 0.05) is 44.1 Å². The number of hydrogen-bond donors (Lipinski definition) is 1. The number of hydrogen-bond acceptors (Lipinski definition) is 8. The maximum atomic E-state index is 13.2. The van der Waals surface area contributed by atoms with Gasteiger partial charge in [-0.2, -0.15) is 0 Å². The van der Waals surface area contributed by atoms with Crippen molar-refractivity contribution in [2.45, 2.75) is 12.5 Å². The average Bonchev–Trinajstić information content (AvgIpc) is 3.14. The lowest BCUT2D eigenvalue weighted by Gasteiger charge is -2.29. The standard InChI is InChI=1S/C25H27N3O6/c29-23(17-4-5-19-20(15-17)34-14-13-33-19)21-22(18-3-1-6-26-16-18)28(25(31)24(21)30)8-2-7-27-9-11-32-12-10-27/h1,3-6,15-16,22,29H,2,7-14H2/b23-21+. The van der Waals surface area contributed by atoms with Crippen LogP contribution in [0.1, 0.15) is 23.6 Å². The zero-order chi connectivity index (χ0) is 23.5. The second-order valence-corrected chi connectivity index (χ2v) is 8.44. The van der Waals surface area contributed by atoms with Crippen molar-refractivity contribution in [1.82, 2.24) is 14.8 Å². The minimum Gasteiger partial charge on any atom is -0.507 e. The molecular weight excluding hydrogens is 438 g/mol. The van der Waals surface area contributed by atoms with Crippen LogP contribution in [-0.2, 0) is 14.3 Å². The first kappa shape index (κ1) is 22.4. The highest BCUT2D eigenvalue weighted by Crippen LogP contribution is 2.40. The van der Waals surface area contributed by atoms with E-state index >= 15 is 0 Å². The van der Waals surface area contributed by atoms with Crippen molar-refractivity contribution >= 4 is 17.4 Å². The van der Waals surface area contributed by atoms with Crippen molar-refractivity contribution < 1.29 is 28.9 Å². The lowest BCUT2D eigenvalue weighted by molar-refractivity contribution is -0.140. The molecule has 5 rings (SSSR count). The number of likely N-dealkylation sites (tertiary alicyclic amines) is 1. The Morgan fingerprint density at radius 3 is 2.59 bits per heavy atom. The molecule has 3 aliphatic rings. The van der Waals surface area contributed by atoms with E-state index in [1.807, 2.05) is 6.07 Å². The van der Waals surface area contributed by atoms with Crippen molar-refractivity contribution in [3.05, 3.63) is 59.4 Å². The molecule has 0 spiro atoms. The lowest BCUT2D eigenvalue weighted by atomic mass is 9.96. The molecule has 3 aliphatic heterocycles. The molecule has 4 heterocycles. The van der Waals surface area contributed by atoms with E-state index in [1.54, 1.807) is 41.6 Å². The van der Waals surface area contributed by atoms with Crippen LogP contribution in [0.4, 0.5) is 0 Å². The number of Topliss-reactive ketones (excluding diaryl/α,β-unsaturated/α-hetero) is 1. The van der Waals surface area contributed by atoms with Crippen LogP contribution in [0.25, 0.3) is 5.76 Å². The summed E-state index contributed by atoms with van der Waals surface area (Å²) < 4.78 is 16.6. The molecule has 0 bridgehead atoms. The number of benzene rings is 1. The highest BCUT2D eigenvalue weighted by molar-refractivity contribution is 6.46. The smallest absolute Gasteiger partial charge is 0.295 e. The molecule has 2 saturated heterocycles. The molecule has 1 amide bonds. The predicted molar refractivity (Wildman–Crippen MR) is 123 cm³/mol. The summed E-state index contributed by atoms with van der Waals surface area (Å²) in [6.07, 6.45) is 3.96. The second kappa shape index (κ2) is 9.82. The number of carbonyl (C=O) groups is 2. The topological polar surface area (TPSA) is 101 Å². The van der Waals surface area contributed by atoms with Crippen LogP contribution in [-0.4, -0.2) is 84.2 Å². The third-order valence-corrected chi connectivity index (χ3v) is 6.33. The minimum atomic E-state index is -0.716. The summed E-state index contributed by atoms with van der Waals surface area (Å²) in [5.41, 5.74) is 1.12. The molecule has 34 heavy (non-hydrogen) atoms. The number of aromatic nitrogens is 1. The summed E-state index contributed by atoms with van der Waals surface area (Å²) in [5, 5.41) is 11.2. The lowest BCUT2D eigenvalue weighted by Crippen LogP contribution is -2.39.